The van der Waals surface area contributed by atoms with Crippen LogP contribution in [0, 0.1) is 18.7 Å². The maximum atomic E-state index is 13.8. The molecule has 5 rings (SSSR count). The van der Waals surface area contributed by atoms with Crippen molar-refractivity contribution in [1.82, 2.24) is 9.80 Å². The maximum Gasteiger partial charge on any atom is 0.254 e. The van der Waals surface area contributed by atoms with Crippen LogP contribution < -0.4 is 0 Å². The molecule has 1 amide bonds. The minimum atomic E-state index is -0.311. The zero-order valence-corrected chi connectivity index (χ0v) is 22.3. The highest BCUT2D eigenvalue weighted by Gasteiger charge is 2.38. The maximum absolute atomic E-state index is 13.8. The summed E-state index contributed by atoms with van der Waals surface area (Å²) in [7, 11) is 0. The number of rotatable bonds is 7. The van der Waals surface area contributed by atoms with Gasteiger partial charge in [-0.25, -0.2) is 4.39 Å². The molecule has 2 fully saturated rings. The Morgan fingerprint density at radius 1 is 0.946 bits per heavy atom. The Morgan fingerprint density at radius 3 is 2.35 bits per heavy atom. The van der Waals surface area contributed by atoms with Crippen LogP contribution in [0.15, 0.2) is 72.8 Å². The Hall–Kier alpha value is -2.69. The number of carbonyl (C=O) groups excluding carboxylic acids is 1. The molecule has 194 valence electrons. The quantitative estimate of drug-likeness (QED) is 0.323. The Bertz CT molecular complexity index is 1190. The number of hydrogen-bond donors (Lipinski definition) is 0. The van der Waals surface area contributed by atoms with Crippen molar-refractivity contribution in [2.75, 3.05) is 19.6 Å². The van der Waals surface area contributed by atoms with Gasteiger partial charge in [0.25, 0.3) is 5.91 Å². The van der Waals surface area contributed by atoms with Crippen LogP contribution in [0.3, 0.4) is 0 Å². The predicted octanol–water partition coefficient (Wildman–Crippen LogP) is 7.48. The van der Waals surface area contributed by atoms with E-state index in [9.17, 15) is 9.18 Å². The van der Waals surface area contributed by atoms with Gasteiger partial charge in [0, 0.05) is 48.7 Å². The Morgan fingerprint density at radius 2 is 1.65 bits per heavy atom. The lowest BCUT2D eigenvalue weighted by Crippen LogP contribution is -2.45. The van der Waals surface area contributed by atoms with Crippen LogP contribution in [-0.4, -0.2) is 41.4 Å². The lowest BCUT2D eigenvalue weighted by molar-refractivity contribution is 0.0588. The van der Waals surface area contributed by atoms with E-state index in [2.05, 4.69) is 53.1 Å². The second kappa shape index (κ2) is 11.8. The molecule has 2 aliphatic rings. The molecule has 1 heterocycles. The van der Waals surface area contributed by atoms with Crippen LogP contribution in [0.5, 0.6) is 0 Å². The fourth-order valence-electron chi connectivity index (χ4n) is 6.28. The van der Waals surface area contributed by atoms with Gasteiger partial charge in [0.15, 0.2) is 0 Å². The van der Waals surface area contributed by atoms with Gasteiger partial charge in [-0.15, -0.1) is 0 Å². The first-order valence-corrected chi connectivity index (χ1v) is 13.9. The van der Waals surface area contributed by atoms with Crippen molar-refractivity contribution in [3.8, 4) is 0 Å². The lowest BCUT2D eigenvalue weighted by Gasteiger charge is -2.37. The van der Waals surface area contributed by atoms with Crippen molar-refractivity contribution in [3.63, 3.8) is 0 Å². The molecule has 0 bridgehead atoms. The van der Waals surface area contributed by atoms with Gasteiger partial charge in [-0.05, 0) is 78.8 Å². The Balaban J connectivity index is 1.42. The van der Waals surface area contributed by atoms with Crippen LogP contribution in [0.2, 0.25) is 5.02 Å². The van der Waals surface area contributed by atoms with E-state index in [0.29, 0.717) is 17.4 Å². The molecule has 1 aliphatic carbocycles. The average molecular weight is 519 g/mol. The van der Waals surface area contributed by atoms with Crippen molar-refractivity contribution in [2.24, 2.45) is 5.92 Å². The number of likely N-dealkylation sites (tertiary alicyclic amines) is 1. The summed E-state index contributed by atoms with van der Waals surface area (Å²) < 4.78 is 13.6. The van der Waals surface area contributed by atoms with E-state index in [-0.39, 0.29) is 17.8 Å². The third-order valence-electron chi connectivity index (χ3n) is 8.22. The summed E-state index contributed by atoms with van der Waals surface area (Å²) >= 11 is 6.12. The van der Waals surface area contributed by atoms with Gasteiger partial charge in [-0.1, -0.05) is 67.3 Å². The van der Waals surface area contributed by atoms with Crippen molar-refractivity contribution >= 4 is 17.5 Å². The molecule has 2 unspecified atom stereocenters. The topological polar surface area (TPSA) is 23.6 Å². The summed E-state index contributed by atoms with van der Waals surface area (Å²) in [5.41, 5.74) is 4.51. The van der Waals surface area contributed by atoms with E-state index < -0.39 is 0 Å². The van der Waals surface area contributed by atoms with Crippen molar-refractivity contribution in [1.29, 1.82) is 0 Å². The van der Waals surface area contributed by atoms with E-state index in [1.165, 1.54) is 35.2 Å². The number of amides is 1. The number of carbonyl (C=O) groups is 1. The van der Waals surface area contributed by atoms with E-state index in [0.717, 1.165) is 56.9 Å². The lowest BCUT2D eigenvalue weighted by atomic mass is 9.85. The number of nitrogens with zero attached hydrogens (tertiary/aromatic N) is 2. The molecule has 5 heteroatoms. The van der Waals surface area contributed by atoms with Gasteiger partial charge in [0.1, 0.15) is 5.82 Å². The standard InChI is InChI=1S/C32H36ClFN2O/c1-23-7-5-6-10-30(23)31-22-35(19-24-11-15-27(33)16-12-24)20-26(31)21-36(29-8-3-2-4-9-29)32(37)25-13-17-28(34)18-14-25/h5-7,10-18,26,29,31H,2-4,8-9,19-22H2,1H3. The summed E-state index contributed by atoms with van der Waals surface area (Å²) in [6, 6.07) is 23.1. The second-order valence-electron chi connectivity index (χ2n) is 10.8. The van der Waals surface area contributed by atoms with Crippen LogP contribution in [0.4, 0.5) is 4.39 Å². The molecule has 1 saturated carbocycles. The molecule has 0 aromatic heterocycles. The van der Waals surface area contributed by atoms with Crippen LogP contribution in [-0.2, 0) is 6.54 Å². The van der Waals surface area contributed by atoms with Gasteiger partial charge in [-0.2, -0.15) is 0 Å². The first-order valence-electron chi connectivity index (χ1n) is 13.6. The number of benzene rings is 3. The van der Waals surface area contributed by atoms with Gasteiger partial charge in [0.2, 0.25) is 0 Å². The SMILES string of the molecule is Cc1ccccc1C1CN(Cc2ccc(Cl)cc2)CC1CN(C(=O)c1ccc(F)cc1)C1CCCCC1. The third kappa shape index (κ3) is 6.25. The summed E-state index contributed by atoms with van der Waals surface area (Å²) in [6.07, 6.45) is 5.64. The highest BCUT2D eigenvalue weighted by Crippen LogP contribution is 2.37. The van der Waals surface area contributed by atoms with Crippen LogP contribution in [0.1, 0.15) is 65.1 Å². The molecule has 1 aliphatic heterocycles. The molecular formula is C32H36ClFN2O. The van der Waals surface area contributed by atoms with Crippen LogP contribution in [0.25, 0.3) is 0 Å². The van der Waals surface area contributed by atoms with Gasteiger partial charge >= 0.3 is 0 Å². The zero-order chi connectivity index (χ0) is 25.8. The molecule has 0 spiro atoms. The monoisotopic (exact) mass is 518 g/mol. The van der Waals surface area contributed by atoms with E-state index in [1.54, 1.807) is 12.1 Å². The highest BCUT2D eigenvalue weighted by atomic mass is 35.5. The van der Waals surface area contributed by atoms with E-state index >= 15 is 0 Å². The summed E-state index contributed by atoms with van der Waals surface area (Å²) in [5, 5.41) is 0.753. The summed E-state index contributed by atoms with van der Waals surface area (Å²) in [6.45, 7) is 5.67. The predicted molar refractivity (Wildman–Crippen MR) is 148 cm³/mol. The first kappa shape index (κ1) is 25.9. The van der Waals surface area contributed by atoms with Gasteiger partial charge in [-0.3, -0.25) is 9.69 Å². The minimum Gasteiger partial charge on any atom is -0.335 e. The molecule has 2 atom stereocenters. The largest absolute Gasteiger partial charge is 0.335 e. The zero-order valence-electron chi connectivity index (χ0n) is 21.6. The number of hydrogen-bond acceptors (Lipinski definition) is 2. The number of aryl methyl sites for hydroxylation is 1. The number of halogens is 2. The molecule has 0 N–H and O–H groups in total. The van der Waals surface area contributed by atoms with Gasteiger partial charge < -0.3 is 4.90 Å². The normalized spacial score (nSPS) is 20.7. The summed E-state index contributed by atoms with van der Waals surface area (Å²) in [4.78, 5) is 18.5. The van der Waals surface area contributed by atoms with Crippen molar-refractivity contribution in [2.45, 2.75) is 57.5 Å². The molecule has 3 nitrogen and oxygen atoms in total. The van der Waals surface area contributed by atoms with Crippen molar-refractivity contribution in [3.05, 3.63) is 106 Å². The third-order valence-corrected chi connectivity index (χ3v) is 8.47. The minimum absolute atomic E-state index is 0.0339. The second-order valence-corrected chi connectivity index (χ2v) is 11.2. The van der Waals surface area contributed by atoms with Crippen molar-refractivity contribution < 1.29 is 9.18 Å². The van der Waals surface area contributed by atoms with E-state index in [1.807, 2.05) is 12.1 Å². The molecular weight excluding hydrogens is 483 g/mol. The smallest absolute Gasteiger partial charge is 0.254 e. The highest BCUT2D eigenvalue weighted by molar-refractivity contribution is 6.30. The van der Waals surface area contributed by atoms with Gasteiger partial charge in [0.05, 0.1) is 0 Å². The molecule has 0 radical (unpaired) electrons. The summed E-state index contributed by atoms with van der Waals surface area (Å²) in [5.74, 6) is 0.390. The van der Waals surface area contributed by atoms with Crippen LogP contribution >= 0.6 is 11.6 Å². The molecule has 3 aromatic rings. The Labute approximate surface area is 225 Å². The molecule has 3 aromatic carbocycles. The van der Waals surface area contributed by atoms with E-state index in [4.69, 9.17) is 11.6 Å². The Kier molecular flexibility index (Phi) is 8.26. The fraction of sp³-hybridized carbons (Fsp3) is 0.406. The fourth-order valence-corrected chi connectivity index (χ4v) is 6.41. The molecule has 1 saturated heterocycles. The first-order chi connectivity index (χ1) is 18.0. The molecule has 37 heavy (non-hydrogen) atoms. The average Bonchev–Trinajstić information content (AvgIpc) is 3.31.